The molecule has 3 N–H and O–H groups in total. The van der Waals surface area contributed by atoms with Gasteiger partial charge in [0, 0.05) is 19.1 Å². The Balaban J connectivity index is 0.000000291. The van der Waals surface area contributed by atoms with Crippen molar-refractivity contribution in [1.29, 1.82) is 0 Å². The molecule has 1 fully saturated rings. The average molecular weight is 437 g/mol. The number of carbonyl (C=O) groups is 1. The summed E-state index contributed by atoms with van der Waals surface area (Å²) in [4.78, 5) is 12.6. The fraction of sp³-hybridized carbons (Fsp3) is 0.458. The van der Waals surface area contributed by atoms with E-state index in [9.17, 15) is 18.0 Å². The maximum absolute atomic E-state index is 11.5. The summed E-state index contributed by atoms with van der Waals surface area (Å²) in [5.41, 5.74) is 3.68. The number of hydrogen-bond acceptors (Lipinski definition) is 3. The number of carbonyl (C=O) groups excluding carboxylic acids is 1. The van der Waals surface area contributed by atoms with Gasteiger partial charge in [0.25, 0.3) is 5.91 Å². The predicted octanol–water partition coefficient (Wildman–Crippen LogP) is 4.81. The van der Waals surface area contributed by atoms with Crippen molar-refractivity contribution in [2.24, 2.45) is 5.73 Å². The summed E-state index contributed by atoms with van der Waals surface area (Å²) < 4.78 is 34.6. The van der Waals surface area contributed by atoms with Crippen molar-refractivity contribution >= 4 is 5.91 Å². The molecule has 0 bridgehead atoms. The highest BCUT2D eigenvalue weighted by Crippen LogP contribution is 2.29. The van der Waals surface area contributed by atoms with Crippen molar-refractivity contribution in [3.05, 3.63) is 71.8 Å². The molecule has 3 rings (SSSR count). The van der Waals surface area contributed by atoms with E-state index >= 15 is 0 Å². The summed E-state index contributed by atoms with van der Waals surface area (Å²) in [5.74, 6) is -1.81. The van der Waals surface area contributed by atoms with Crippen LogP contribution in [0.15, 0.2) is 60.7 Å². The third-order valence-corrected chi connectivity index (χ3v) is 5.58. The molecule has 1 saturated carbocycles. The number of benzene rings is 2. The van der Waals surface area contributed by atoms with Crippen LogP contribution in [0, 0.1) is 0 Å². The second kappa shape index (κ2) is 11.3. The summed E-state index contributed by atoms with van der Waals surface area (Å²) in [6, 6.07) is 22.6. The third-order valence-electron chi connectivity index (χ3n) is 5.58. The lowest BCUT2D eigenvalue weighted by atomic mass is 9.93. The van der Waals surface area contributed by atoms with Crippen LogP contribution in [-0.4, -0.2) is 33.7 Å². The third kappa shape index (κ3) is 7.67. The van der Waals surface area contributed by atoms with Gasteiger partial charge in [-0.25, -0.2) is 0 Å². The first-order valence-corrected chi connectivity index (χ1v) is 10.5. The van der Waals surface area contributed by atoms with Crippen LogP contribution in [0.5, 0.6) is 0 Å². The Kier molecular flexibility index (Phi) is 9.07. The molecule has 1 atom stereocenters. The molecule has 2 aromatic carbocycles. The minimum Gasteiger partial charge on any atom is -0.373 e. The van der Waals surface area contributed by atoms with Crippen LogP contribution in [-0.2, 0) is 17.9 Å². The molecule has 1 aliphatic carbocycles. The molecular formula is C24H31F3N2O2. The Morgan fingerprint density at radius 1 is 0.935 bits per heavy atom. The molecule has 4 nitrogen and oxygen atoms in total. The summed E-state index contributed by atoms with van der Waals surface area (Å²) in [7, 11) is 0. The van der Waals surface area contributed by atoms with Crippen LogP contribution in [0.25, 0.3) is 0 Å². The van der Waals surface area contributed by atoms with E-state index in [1.165, 1.54) is 43.2 Å². The number of nitrogens with zero attached hydrogens (tertiary/aromatic N) is 1. The SMILES string of the molecule is CC(O)(C(N)=O)C(F)(F)F.c1ccc(CN(Cc2ccccc2)C2CCCCC2)cc1. The Morgan fingerprint density at radius 2 is 1.35 bits per heavy atom. The molecule has 1 unspecified atom stereocenters. The zero-order valence-electron chi connectivity index (χ0n) is 17.8. The lowest BCUT2D eigenvalue weighted by molar-refractivity contribution is -0.243. The first-order valence-electron chi connectivity index (χ1n) is 10.5. The largest absolute Gasteiger partial charge is 0.426 e. The zero-order valence-corrected chi connectivity index (χ0v) is 17.8. The Labute approximate surface area is 181 Å². The second-order valence-corrected chi connectivity index (χ2v) is 8.10. The van der Waals surface area contributed by atoms with Crippen LogP contribution in [0.1, 0.15) is 50.2 Å². The molecular weight excluding hydrogens is 405 g/mol. The van der Waals surface area contributed by atoms with E-state index in [2.05, 4.69) is 71.3 Å². The molecule has 0 saturated heterocycles. The average Bonchev–Trinajstić information content (AvgIpc) is 2.75. The summed E-state index contributed by atoms with van der Waals surface area (Å²) in [6.07, 6.45) is 1.93. The molecule has 0 heterocycles. The monoisotopic (exact) mass is 436 g/mol. The highest BCUT2D eigenvalue weighted by molar-refractivity contribution is 5.83. The van der Waals surface area contributed by atoms with E-state index in [0.717, 1.165) is 19.1 Å². The van der Waals surface area contributed by atoms with Gasteiger partial charge in [-0.05, 0) is 30.9 Å². The summed E-state index contributed by atoms with van der Waals surface area (Å²) in [6.45, 7) is 2.44. The minimum atomic E-state index is -5.00. The van der Waals surface area contributed by atoms with Crippen LogP contribution in [0.4, 0.5) is 13.2 Å². The standard InChI is InChI=1S/C20H25N.C4H6F3NO2/c1-4-10-18(11-5-1)16-21(20-14-8-3-9-15-20)17-19-12-6-2-7-13-19;1-3(10,2(8)9)4(5,6)7/h1-2,4-7,10-13,20H,3,8-9,14-17H2;10H,1H3,(H2,8,9). The molecule has 2 aromatic rings. The number of halogens is 3. The van der Waals surface area contributed by atoms with Gasteiger partial charge in [0.2, 0.25) is 5.60 Å². The number of aliphatic hydroxyl groups is 1. The lowest BCUT2D eigenvalue weighted by Crippen LogP contribution is -2.52. The van der Waals surface area contributed by atoms with Crippen molar-refractivity contribution < 1.29 is 23.1 Å². The highest BCUT2D eigenvalue weighted by Gasteiger charge is 2.54. The molecule has 1 amide bonds. The van der Waals surface area contributed by atoms with E-state index in [1.807, 2.05) is 0 Å². The first kappa shape index (κ1) is 24.9. The van der Waals surface area contributed by atoms with Crippen molar-refractivity contribution in [2.75, 3.05) is 0 Å². The van der Waals surface area contributed by atoms with Gasteiger partial charge >= 0.3 is 6.18 Å². The van der Waals surface area contributed by atoms with Crippen molar-refractivity contribution in [3.63, 3.8) is 0 Å². The van der Waals surface area contributed by atoms with E-state index in [-0.39, 0.29) is 0 Å². The van der Waals surface area contributed by atoms with Crippen LogP contribution < -0.4 is 5.73 Å². The van der Waals surface area contributed by atoms with Crippen LogP contribution in [0.3, 0.4) is 0 Å². The fourth-order valence-corrected chi connectivity index (χ4v) is 3.54. The van der Waals surface area contributed by atoms with Gasteiger partial charge in [-0.3, -0.25) is 9.69 Å². The second-order valence-electron chi connectivity index (χ2n) is 8.10. The molecule has 1 aliphatic rings. The van der Waals surface area contributed by atoms with Crippen molar-refractivity contribution in [3.8, 4) is 0 Å². The number of primary amides is 1. The topological polar surface area (TPSA) is 66.6 Å². The van der Waals surface area contributed by atoms with Crippen LogP contribution >= 0.6 is 0 Å². The van der Waals surface area contributed by atoms with Gasteiger partial charge in [-0.2, -0.15) is 13.2 Å². The fourth-order valence-electron chi connectivity index (χ4n) is 3.54. The Morgan fingerprint density at radius 3 is 1.68 bits per heavy atom. The zero-order chi connectivity index (χ0) is 22.9. The van der Waals surface area contributed by atoms with Crippen LogP contribution in [0.2, 0.25) is 0 Å². The van der Waals surface area contributed by atoms with Gasteiger partial charge in [0.15, 0.2) is 0 Å². The number of amides is 1. The summed E-state index contributed by atoms with van der Waals surface area (Å²) in [5, 5.41) is 8.33. The van der Waals surface area contributed by atoms with Gasteiger partial charge in [0.1, 0.15) is 0 Å². The predicted molar refractivity (Wildman–Crippen MR) is 115 cm³/mol. The molecule has 31 heavy (non-hydrogen) atoms. The Hall–Kier alpha value is -2.38. The van der Waals surface area contributed by atoms with Crippen molar-refractivity contribution in [2.45, 2.75) is 69.9 Å². The Bertz CT molecular complexity index is 748. The van der Waals surface area contributed by atoms with E-state index in [0.29, 0.717) is 6.92 Å². The number of nitrogens with two attached hydrogens (primary N) is 1. The number of alkyl halides is 3. The smallest absolute Gasteiger partial charge is 0.373 e. The molecule has 0 aromatic heterocycles. The lowest BCUT2D eigenvalue weighted by Gasteiger charge is -2.34. The van der Waals surface area contributed by atoms with Gasteiger partial charge in [-0.1, -0.05) is 79.9 Å². The van der Waals surface area contributed by atoms with E-state index in [4.69, 9.17) is 5.11 Å². The molecule has 7 heteroatoms. The molecule has 0 aliphatic heterocycles. The maximum atomic E-state index is 11.5. The maximum Gasteiger partial charge on any atom is 0.426 e. The highest BCUT2D eigenvalue weighted by atomic mass is 19.4. The number of rotatable bonds is 6. The first-order chi connectivity index (χ1) is 14.6. The van der Waals surface area contributed by atoms with Gasteiger partial charge in [0.05, 0.1) is 0 Å². The molecule has 0 radical (unpaired) electrons. The van der Waals surface area contributed by atoms with E-state index in [1.54, 1.807) is 0 Å². The minimum absolute atomic E-state index is 0.301. The van der Waals surface area contributed by atoms with Gasteiger partial charge < -0.3 is 10.8 Å². The quantitative estimate of drug-likeness (QED) is 0.683. The van der Waals surface area contributed by atoms with Crippen molar-refractivity contribution in [1.82, 2.24) is 4.90 Å². The van der Waals surface area contributed by atoms with E-state index < -0.39 is 17.7 Å². The number of hydrogen-bond donors (Lipinski definition) is 2. The molecule has 0 spiro atoms. The normalized spacial score (nSPS) is 16.8. The molecule has 170 valence electrons. The van der Waals surface area contributed by atoms with Gasteiger partial charge in [-0.15, -0.1) is 0 Å². The summed E-state index contributed by atoms with van der Waals surface area (Å²) >= 11 is 0.